The Morgan fingerprint density at radius 1 is 1.14 bits per heavy atom. The molecule has 0 radical (unpaired) electrons. The summed E-state index contributed by atoms with van der Waals surface area (Å²) in [5.74, 6) is -1.99. The van der Waals surface area contributed by atoms with Crippen molar-refractivity contribution in [3.63, 3.8) is 0 Å². The molecule has 0 saturated carbocycles. The van der Waals surface area contributed by atoms with Crippen LogP contribution in [0.3, 0.4) is 0 Å². The SMILES string of the molecule is CC1CC(C(=O)O)CCN1CCN1CCN(C(=O)Cn2cc(NC(=O)c3cnn4cccnc34)c(-c3cc(Cl)ccc3OC(F)F)n2)CC1. The largest absolute Gasteiger partial charge is 0.481 e. The van der Waals surface area contributed by atoms with Gasteiger partial charge in [-0.25, -0.2) is 9.50 Å². The summed E-state index contributed by atoms with van der Waals surface area (Å²) < 4.78 is 34.2. The summed E-state index contributed by atoms with van der Waals surface area (Å²) in [6, 6.07) is 5.95. The number of anilines is 1. The zero-order valence-electron chi connectivity index (χ0n) is 26.7. The number of alkyl halides is 2. The van der Waals surface area contributed by atoms with E-state index >= 15 is 0 Å². The lowest BCUT2D eigenvalue weighted by Gasteiger charge is -2.39. The van der Waals surface area contributed by atoms with Crippen molar-refractivity contribution < 1.29 is 33.0 Å². The van der Waals surface area contributed by atoms with Gasteiger partial charge < -0.3 is 20.1 Å². The summed E-state index contributed by atoms with van der Waals surface area (Å²) >= 11 is 6.23. The first-order chi connectivity index (χ1) is 23.5. The molecule has 6 rings (SSSR count). The molecule has 260 valence electrons. The van der Waals surface area contributed by atoms with Gasteiger partial charge in [0.05, 0.1) is 17.8 Å². The number of carbonyl (C=O) groups is 3. The minimum absolute atomic E-state index is 0.0789. The van der Waals surface area contributed by atoms with Gasteiger partial charge in [0, 0.05) is 74.5 Å². The first-order valence-corrected chi connectivity index (χ1v) is 16.3. The third kappa shape index (κ3) is 7.98. The predicted octanol–water partition coefficient (Wildman–Crippen LogP) is 3.43. The quantitative estimate of drug-likeness (QED) is 0.238. The average Bonchev–Trinajstić information content (AvgIpc) is 3.69. The number of nitrogens with one attached hydrogen (secondary N) is 1. The second-order valence-electron chi connectivity index (χ2n) is 12.2. The first kappa shape index (κ1) is 34.2. The van der Waals surface area contributed by atoms with Crippen molar-refractivity contribution in [1.29, 1.82) is 0 Å². The fourth-order valence-electron chi connectivity index (χ4n) is 6.36. The number of aromatic nitrogens is 5. The summed E-state index contributed by atoms with van der Waals surface area (Å²) in [5.41, 5.74) is 0.797. The van der Waals surface area contributed by atoms with Crippen molar-refractivity contribution in [2.45, 2.75) is 39.0 Å². The zero-order chi connectivity index (χ0) is 34.7. The van der Waals surface area contributed by atoms with Crippen LogP contribution in [0, 0.1) is 5.92 Å². The fraction of sp³-hybridized carbons (Fsp3) is 0.438. The summed E-state index contributed by atoms with van der Waals surface area (Å²) in [6.07, 6.45) is 7.28. The number of carboxylic acids is 1. The average molecular weight is 700 g/mol. The first-order valence-electron chi connectivity index (χ1n) is 15.9. The smallest absolute Gasteiger partial charge is 0.387 e. The Morgan fingerprint density at radius 3 is 2.67 bits per heavy atom. The maximum atomic E-state index is 13.4. The Bertz CT molecular complexity index is 1830. The van der Waals surface area contributed by atoms with Gasteiger partial charge in [0.25, 0.3) is 5.91 Å². The molecule has 2 N–H and O–H groups in total. The molecule has 0 spiro atoms. The summed E-state index contributed by atoms with van der Waals surface area (Å²) in [7, 11) is 0. The minimum atomic E-state index is -3.13. The maximum Gasteiger partial charge on any atom is 0.387 e. The van der Waals surface area contributed by atoms with Crippen molar-refractivity contribution in [3.05, 3.63) is 59.6 Å². The van der Waals surface area contributed by atoms with Crippen LogP contribution in [0.25, 0.3) is 16.9 Å². The Kier molecular flexibility index (Phi) is 10.4. The van der Waals surface area contributed by atoms with Crippen LogP contribution in [0.15, 0.2) is 49.1 Å². The third-order valence-electron chi connectivity index (χ3n) is 9.04. The van der Waals surface area contributed by atoms with E-state index < -0.39 is 18.5 Å². The molecule has 17 heteroatoms. The molecular weight excluding hydrogens is 664 g/mol. The molecule has 49 heavy (non-hydrogen) atoms. The predicted molar refractivity (Wildman–Crippen MR) is 175 cm³/mol. The van der Waals surface area contributed by atoms with E-state index in [4.69, 9.17) is 16.3 Å². The van der Waals surface area contributed by atoms with Crippen LogP contribution >= 0.6 is 11.6 Å². The standard InChI is InChI=1S/C32H36ClF2N9O5/c1-20-15-21(31(47)48)5-8-41(20)12-9-40-10-13-42(14-11-40)27(45)19-43-18-25(38-30(46)24-17-37-44-7-2-6-36-29(24)44)28(39-43)23-16-22(33)3-4-26(23)49-32(34)35/h2-4,6-7,16-18,20-21,32H,5,8-15,19H2,1H3,(H,38,46)(H,47,48). The van der Waals surface area contributed by atoms with Gasteiger partial charge in [0.2, 0.25) is 5.91 Å². The van der Waals surface area contributed by atoms with Crippen LogP contribution < -0.4 is 10.1 Å². The summed E-state index contributed by atoms with van der Waals surface area (Å²) in [5, 5.41) is 21.0. The van der Waals surface area contributed by atoms with Gasteiger partial charge >= 0.3 is 12.6 Å². The molecule has 5 heterocycles. The topological polar surface area (TPSA) is 150 Å². The number of piperidine rings is 1. The van der Waals surface area contributed by atoms with Gasteiger partial charge in [-0.05, 0) is 50.6 Å². The highest BCUT2D eigenvalue weighted by Crippen LogP contribution is 2.37. The zero-order valence-corrected chi connectivity index (χ0v) is 27.5. The van der Waals surface area contributed by atoms with Crippen molar-refractivity contribution in [1.82, 2.24) is 39.1 Å². The molecule has 2 saturated heterocycles. The summed E-state index contributed by atoms with van der Waals surface area (Å²) in [4.78, 5) is 48.8. The number of hydrogen-bond acceptors (Lipinski definition) is 9. The Balaban J connectivity index is 1.14. The molecule has 2 fully saturated rings. The molecule has 2 atom stereocenters. The summed E-state index contributed by atoms with van der Waals surface area (Å²) in [6.45, 7) is 3.57. The number of nitrogens with zero attached hydrogens (tertiary/aromatic N) is 8. The number of ether oxygens (including phenoxy) is 1. The number of carbonyl (C=O) groups excluding carboxylic acids is 2. The second-order valence-corrected chi connectivity index (χ2v) is 12.6. The Morgan fingerprint density at radius 2 is 1.94 bits per heavy atom. The number of halogens is 3. The number of carboxylic acid groups (broad SMARTS) is 1. The van der Waals surface area contributed by atoms with Crippen molar-refractivity contribution in [3.8, 4) is 17.0 Å². The van der Waals surface area contributed by atoms with E-state index in [9.17, 15) is 28.3 Å². The van der Waals surface area contributed by atoms with Crippen LogP contribution in [0.5, 0.6) is 5.75 Å². The van der Waals surface area contributed by atoms with Crippen molar-refractivity contribution in [2.24, 2.45) is 5.92 Å². The Hall–Kier alpha value is -4.67. The molecule has 2 aliphatic rings. The van der Waals surface area contributed by atoms with Gasteiger partial charge in [-0.2, -0.15) is 19.0 Å². The van der Waals surface area contributed by atoms with Gasteiger partial charge in [-0.1, -0.05) is 11.6 Å². The molecule has 1 aromatic carbocycles. The van der Waals surface area contributed by atoms with E-state index in [0.717, 1.165) is 19.6 Å². The van der Waals surface area contributed by atoms with Crippen molar-refractivity contribution >= 4 is 40.7 Å². The number of aliphatic carboxylic acids is 1. The van der Waals surface area contributed by atoms with Crippen LogP contribution in [0.4, 0.5) is 14.5 Å². The highest BCUT2D eigenvalue weighted by molar-refractivity contribution is 6.31. The highest BCUT2D eigenvalue weighted by Gasteiger charge is 2.30. The van der Waals surface area contributed by atoms with Gasteiger partial charge in [-0.15, -0.1) is 0 Å². The van der Waals surface area contributed by atoms with E-state index in [0.29, 0.717) is 44.7 Å². The fourth-order valence-corrected chi connectivity index (χ4v) is 6.53. The van der Waals surface area contributed by atoms with Gasteiger partial charge in [-0.3, -0.25) is 28.9 Å². The van der Waals surface area contributed by atoms with Crippen LogP contribution in [-0.2, 0) is 16.1 Å². The molecule has 2 amide bonds. The number of likely N-dealkylation sites (tertiary alicyclic amines) is 1. The van der Waals surface area contributed by atoms with Gasteiger partial charge in [0.1, 0.15) is 23.6 Å². The highest BCUT2D eigenvalue weighted by atomic mass is 35.5. The van der Waals surface area contributed by atoms with E-state index in [1.54, 1.807) is 17.2 Å². The monoisotopic (exact) mass is 699 g/mol. The molecule has 4 aromatic rings. The number of fused-ring (bicyclic) bond motifs is 1. The number of hydrogen-bond donors (Lipinski definition) is 2. The minimum Gasteiger partial charge on any atom is -0.481 e. The lowest BCUT2D eigenvalue weighted by atomic mass is 9.92. The number of amides is 2. The lowest BCUT2D eigenvalue weighted by molar-refractivity contribution is -0.144. The maximum absolute atomic E-state index is 13.4. The van der Waals surface area contributed by atoms with E-state index in [1.807, 2.05) is 0 Å². The lowest BCUT2D eigenvalue weighted by Crippen LogP contribution is -2.52. The third-order valence-corrected chi connectivity index (χ3v) is 9.27. The molecule has 0 aliphatic carbocycles. The van der Waals surface area contributed by atoms with Crippen LogP contribution in [-0.4, -0.2) is 120 Å². The van der Waals surface area contributed by atoms with Gasteiger partial charge in [0.15, 0.2) is 5.65 Å². The van der Waals surface area contributed by atoms with Crippen molar-refractivity contribution in [2.75, 3.05) is 51.1 Å². The molecular formula is C32H36ClF2N9O5. The van der Waals surface area contributed by atoms with Crippen LogP contribution in [0.2, 0.25) is 5.02 Å². The molecule has 2 unspecified atom stereocenters. The Labute approximate surface area is 285 Å². The number of rotatable bonds is 11. The molecule has 0 bridgehead atoms. The molecule has 3 aromatic heterocycles. The van der Waals surface area contributed by atoms with E-state index in [1.165, 1.54) is 46.0 Å². The number of piperazine rings is 1. The number of benzene rings is 1. The van der Waals surface area contributed by atoms with E-state index in [-0.39, 0.29) is 57.7 Å². The molecule has 14 nitrogen and oxygen atoms in total. The van der Waals surface area contributed by atoms with Crippen LogP contribution in [0.1, 0.15) is 30.1 Å². The normalized spacial score (nSPS) is 19.0. The van der Waals surface area contributed by atoms with E-state index in [2.05, 4.69) is 37.2 Å². The molecule has 2 aliphatic heterocycles. The second kappa shape index (κ2) is 14.8.